The quantitative estimate of drug-likeness (QED) is 0.742. The average molecular weight is 382 g/mol. The van der Waals surface area contributed by atoms with Crippen molar-refractivity contribution in [3.63, 3.8) is 0 Å². The summed E-state index contributed by atoms with van der Waals surface area (Å²) >= 11 is 4.80. The molecule has 5 heteroatoms. The molecule has 3 nitrogen and oxygen atoms in total. The van der Waals surface area contributed by atoms with Crippen LogP contribution in [0.1, 0.15) is 35.5 Å². The molecule has 0 fully saturated rings. The molecule has 0 aliphatic heterocycles. The summed E-state index contributed by atoms with van der Waals surface area (Å²) in [5.41, 5.74) is 0.993. The third kappa shape index (κ3) is 4.85. The van der Waals surface area contributed by atoms with Gasteiger partial charge in [-0.1, -0.05) is 32.0 Å². The van der Waals surface area contributed by atoms with Gasteiger partial charge in [-0.05, 0) is 45.8 Å². The zero-order valence-corrected chi connectivity index (χ0v) is 15.2. The molecule has 1 heterocycles. The van der Waals surface area contributed by atoms with E-state index in [9.17, 15) is 4.79 Å². The van der Waals surface area contributed by atoms with Crippen LogP contribution >= 0.6 is 27.3 Å². The Balaban J connectivity index is 1.95. The summed E-state index contributed by atoms with van der Waals surface area (Å²) in [6.45, 7) is 5.50. The van der Waals surface area contributed by atoms with Gasteiger partial charge in [-0.25, -0.2) is 0 Å². The van der Waals surface area contributed by atoms with Crippen LogP contribution in [0.25, 0.3) is 0 Å². The summed E-state index contributed by atoms with van der Waals surface area (Å²) in [5.74, 6) is 1.38. The minimum atomic E-state index is -0.0705. The molecule has 0 aliphatic rings. The fourth-order valence-corrected chi connectivity index (χ4v) is 3.37. The normalized spacial score (nSPS) is 10.7. The predicted molar refractivity (Wildman–Crippen MR) is 94.6 cm³/mol. The number of nitrogens with one attached hydrogen (secondary N) is 1. The van der Waals surface area contributed by atoms with E-state index in [0.717, 1.165) is 22.2 Å². The number of carbonyl (C=O) groups excluding carboxylic acids is 1. The number of thiophene rings is 1. The van der Waals surface area contributed by atoms with Gasteiger partial charge >= 0.3 is 0 Å². The van der Waals surface area contributed by atoms with Gasteiger partial charge in [-0.3, -0.25) is 4.79 Å². The molecule has 1 amide bonds. The lowest BCUT2D eigenvalue weighted by Gasteiger charge is -2.13. The van der Waals surface area contributed by atoms with Crippen LogP contribution in [0, 0.1) is 5.92 Å². The molecular weight excluding hydrogens is 362 g/mol. The highest BCUT2D eigenvalue weighted by Gasteiger charge is 2.12. The van der Waals surface area contributed by atoms with E-state index in [1.165, 1.54) is 11.3 Å². The fourth-order valence-electron chi connectivity index (χ4n) is 1.91. The van der Waals surface area contributed by atoms with Crippen molar-refractivity contribution in [2.75, 3.05) is 6.61 Å². The number of amides is 1. The van der Waals surface area contributed by atoms with Gasteiger partial charge in [0.25, 0.3) is 5.91 Å². The highest BCUT2D eigenvalue weighted by molar-refractivity contribution is 9.10. The molecule has 0 radical (unpaired) electrons. The molecule has 0 aliphatic carbocycles. The molecule has 0 saturated heterocycles. The molecule has 2 aromatic rings. The van der Waals surface area contributed by atoms with E-state index in [4.69, 9.17) is 4.74 Å². The molecule has 2 rings (SSSR count). The van der Waals surface area contributed by atoms with E-state index in [1.54, 1.807) is 0 Å². The molecule has 0 atom stereocenters. The Kier molecular flexibility index (Phi) is 6.46. The van der Waals surface area contributed by atoms with Gasteiger partial charge in [0.1, 0.15) is 10.6 Å². The number of rotatable bonds is 7. The first kappa shape index (κ1) is 17.0. The molecule has 118 valence electrons. The smallest absolute Gasteiger partial charge is 0.262 e. The molecule has 22 heavy (non-hydrogen) atoms. The van der Waals surface area contributed by atoms with Crippen molar-refractivity contribution in [1.82, 2.24) is 5.32 Å². The second-order valence-corrected chi connectivity index (χ2v) is 7.19. The lowest BCUT2D eigenvalue weighted by Crippen LogP contribution is -2.22. The molecule has 0 bridgehead atoms. The monoisotopic (exact) mass is 381 g/mol. The van der Waals surface area contributed by atoms with Crippen molar-refractivity contribution < 1.29 is 9.53 Å². The van der Waals surface area contributed by atoms with Crippen molar-refractivity contribution >= 4 is 33.2 Å². The number of hydrogen-bond acceptors (Lipinski definition) is 3. The second kappa shape index (κ2) is 8.34. The highest BCUT2D eigenvalue weighted by Crippen LogP contribution is 2.23. The Labute approximate surface area is 143 Å². The first-order valence-electron chi connectivity index (χ1n) is 7.30. The van der Waals surface area contributed by atoms with Gasteiger partial charge < -0.3 is 10.1 Å². The van der Waals surface area contributed by atoms with Crippen LogP contribution < -0.4 is 10.1 Å². The highest BCUT2D eigenvalue weighted by atomic mass is 79.9. The molecule has 0 saturated carbocycles. The molecule has 1 aromatic carbocycles. The van der Waals surface area contributed by atoms with Crippen LogP contribution in [-0.4, -0.2) is 12.5 Å². The first-order chi connectivity index (χ1) is 10.6. The van der Waals surface area contributed by atoms with Crippen LogP contribution in [0.5, 0.6) is 5.75 Å². The van der Waals surface area contributed by atoms with Crippen molar-refractivity contribution in [3.05, 3.63) is 50.6 Å². The third-order valence-corrected chi connectivity index (χ3v) is 5.02. The number of halogens is 1. The largest absolute Gasteiger partial charge is 0.493 e. The van der Waals surface area contributed by atoms with Gasteiger partial charge in [-0.2, -0.15) is 0 Å². The Morgan fingerprint density at radius 2 is 2.09 bits per heavy atom. The minimum absolute atomic E-state index is 0.0705. The summed E-state index contributed by atoms with van der Waals surface area (Å²) in [5, 5.41) is 4.83. The zero-order valence-electron chi connectivity index (χ0n) is 12.8. The molecule has 1 aromatic heterocycles. The summed E-state index contributed by atoms with van der Waals surface area (Å²) in [7, 11) is 0. The maximum Gasteiger partial charge on any atom is 0.262 e. The van der Waals surface area contributed by atoms with E-state index in [0.29, 0.717) is 23.9 Å². The molecule has 0 spiro atoms. The number of para-hydroxylation sites is 1. The maximum absolute atomic E-state index is 12.1. The van der Waals surface area contributed by atoms with Crippen LogP contribution in [0.3, 0.4) is 0 Å². The second-order valence-electron chi connectivity index (χ2n) is 5.42. The van der Waals surface area contributed by atoms with Crippen LogP contribution in [0.4, 0.5) is 0 Å². The molecular formula is C17H20BrNO2S. The SMILES string of the molecule is CC(C)CCOc1ccccc1CNC(=O)c1sccc1Br. The first-order valence-corrected chi connectivity index (χ1v) is 8.97. The van der Waals surface area contributed by atoms with Crippen molar-refractivity contribution in [3.8, 4) is 5.75 Å². The lowest BCUT2D eigenvalue weighted by atomic mass is 10.1. The van der Waals surface area contributed by atoms with Crippen LogP contribution in [-0.2, 0) is 6.54 Å². The van der Waals surface area contributed by atoms with Crippen molar-refractivity contribution in [2.45, 2.75) is 26.8 Å². The average Bonchev–Trinajstić information content (AvgIpc) is 2.92. The maximum atomic E-state index is 12.1. The number of hydrogen-bond donors (Lipinski definition) is 1. The fraction of sp³-hybridized carbons (Fsp3) is 0.353. The van der Waals surface area contributed by atoms with Gasteiger partial charge in [0.15, 0.2) is 0 Å². The van der Waals surface area contributed by atoms with Crippen LogP contribution in [0.2, 0.25) is 0 Å². The minimum Gasteiger partial charge on any atom is -0.493 e. The van der Waals surface area contributed by atoms with E-state index in [-0.39, 0.29) is 5.91 Å². The zero-order chi connectivity index (χ0) is 15.9. The summed E-state index contributed by atoms with van der Waals surface area (Å²) in [6.07, 6.45) is 1.02. The lowest BCUT2D eigenvalue weighted by molar-refractivity contribution is 0.0954. The standard InChI is InChI=1S/C17H20BrNO2S/c1-12(2)7-9-21-15-6-4-3-5-13(15)11-19-17(20)16-14(18)8-10-22-16/h3-6,8,10,12H,7,9,11H2,1-2H3,(H,19,20). The number of benzene rings is 1. The Morgan fingerprint density at radius 3 is 2.77 bits per heavy atom. The number of ether oxygens (including phenoxy) is 1. The van der Waals surface area contributed by atoms with E-state index in [1.807, 2.05) is 35.7 Å². The Hall–Kier alpha value is -1.33. The topological polar surface area (TPSA) is 38.3 Å². The molecule has 1 N–H and O–H groups in total. The van der Waals surface area contributed by atoms with Gasteiger partial charge in [0.05, 0.1) is 6.61 Å². The Bertz CT molecular complexity index is 625. The Morgan fingerprint density at radius 1 is 1.32 bits per heavy atom. The molecule has 0 unspecified atom stereocenters. The summed E-state index contributed by atoms with van der Waals surface area (Å²) in [6, 6.07) is 9.71. The summed E-state index contributed by atoms with van der Waals surface area (Å²) < 4.78 is 6.67. The van der Waals surface area contributed by atoms with Crippen molar-refractivity contribution in [1.29, 1.82) is 0 Å². The van der Waals surface area contributed by atoms with Crippen LogP contribution in [0.15, 0.2) is 40.2 Å². The van der Waals surface area contributed by atoms with Gasteiger partial charge in [-0.15, -0.1) is 11.3 Å². The summed E-state index contributed by atoms with van der Waals surface area (Å²) in [4.78, 5) is 12.8. The van der Waals surface area contributed by atoms with Gasteiger partial charge in [0, 0.05) is 16.6 Å². The van der Waals surface area contributed by atoms with E-state index < -0.39 is 0 Å². The predicted octanol–water partition coefficient (Wildman–Crippen LogP) is 4.87. The van der Waals surface area contributed by atoms with E-state index in [2.05, 4.69) is 35.1 Å². The van der Waals surface area contributed by atoms with E-state index >= 15 is 0 Å². The van der Waals surface area contributed by atoms with Crippen molar-refractivity contribution in [2.24, 2.45) is 5.92 Å². The number of carbonyl (C=O) groups is 1. The third-order valence-electron chi connectivity index (χ3n) is 3.19. The van der Waals surface area contributed by atoms with Gasteiger partial charge in [0.2, 0.25) is 0 Å².